The molecule has 2 unspecified atom stereocenters. The fourth-order valence-electron chi connectivity index (χ4n) is 3.02. The molecule has 1 N–H and O–H groups in total. The first-order chi connectivity index (χ1) is 9.38. The lowest BCUT2D eigenvalue weighted by Crippen LogP contribution is -2.64. The summed E-state index contributed by atoms with van der Waals surface area (Å²) in [5.74, 6) is 0. The maximum atomic E-state index is 13.0. The lowest BCUT2D eigenvalue weighted by molar-refractivity contribution is 0.0180. The van der Waals surface area contributed by atoms with Gasteiger partial charge in [-0.3, -0.25) is 4.90 Å². The van der Waals surface area contributed by atoms with Crippen molar-refractivity contribution in [3.05, 3.63) is 35.9 Å². The predicted octanol–water partition coefficient (Wildman–Crippen LogP) is 3.19. The summed E-state index contributed by atoms with van der Waals surface area (Å²) in [5.41, 5.74) is 1.31. The SMILES string of the molecule is CC(C)(C)C1CN(CCF)C(C)(c2ccccc2)CN1. The van der Waals surface area contributed by atoms with E-state index < -0.39 is 0 Å². The second-order valence-corrected chi connectivity index (χ2v) is 7.07. The van der Waals surface area contributed by atoms with Crippen molar-refractivity contribution in [2.24, 2.45) is 5.41 Å². The minimum Gasteiger partial charge on any atom is -0.310 e. The van der Waals surface area contributed by atoms with Crippen LogP contribution in [0.1, 0.15) is 33.3 Å². The van der Waals surface area contributed by atoms with Crippen LogP contribution in [-0.4, -0.2) is 37.3 Å². The van der Waals surface area contributed by atoms with Gasteiger partial charge < -0.3 is 5.32 Å². The first-order valence-corrected chi connectivity index (χ1v) is 7.48. The molecular formula is C17H27FN2. The zero-order valence-corrected chi connectivity index (χ0v) is 13.1. The lowest BCUT2D eigenvalue weighted by atomic mass is 9.80. The standard InChI is InChI=1S/C17H27FN2/c1-16(2,3)15-12-20(11-10-18)17(4,13-19-15)14-8-6-5-7-9-14/h5-9,15,19H,10-13H2,1-4H3. The molecule has 1 aliphatic rings. The summed E-state index contributed by atoms with van der Waals surface area (Å²) in [5, 5.41) is 3.67. The summed E-state index contributed by atoms with van der Waals surface area (Å²) < 4.78 is 13.0. The van der Waals surface area contributed by atoms with E-state index in [4.69, 9.17) is 0 Å². The van der Waals surface area contributed by atoms with Crippen molar-refractivity contribution in [1.82, 2.24) is 10.2 Å². The van der Waals surface area contributed by atoms with Gasteiger partial charge in [0.1, 0.15) is 6.67 Å². The summed E-state index contributed by atoms with van der Waals surface area (Å²) >= 11 is 0. The monoisotopic (exact) mass is 278 g/mol. The van der Waals surface area contributed by atoms with E-state index in [0.29, 0.717) is 12.6 Å². The van der Waals surface area contributed by atoms with Crippen molar-refractivity contribution in [1.29, 1.82) is 0 Å². The Balaban J connectivity index is 2.25. The molecule has 2 rings (SSSR count). The van der Waals surface area contributed by atoms with Gasteiger partial charge in [-0.25, -0.2) is 4.39 Å². The smallest absolute Gasteiger partial charge is 0.102 e. The van der Waals surface area contributed by atoms with Crippen LogP contribution < -0.4 is 5.32 Å². The van der Waals surface area contributed by atoms with Gasteiger partial charge in [0.25, 0.3) is 0 Å². The van der Waals surface area contributed by atoms with E-state index in [1.807, 2.05) is 6.07 Å². The van der Waals surface area contributed by atoms with Crippen molar-refractivity contribution in [3.8, 4) is 0 Å². The maximum Gasteiger partial charge on any atom is 0.102 e. The van der Waals surface area contributed by atoms with E-state index >= 15 is 0 Å². The van der Waals surface area contributed by atoms with Crippen LogP contribution in [0.15, 0.2) is 30.3 Å². The molecule has 0 aromatic heterocycles. The van der Waals surface area contributed by atoms with E-state index in [2.05, 4.69) is 62.2 Å². The molecule has 0 amide bonds. The van der Waals surface area contributed by atoms with Gasteiger partial charge in [-0.05, 0) is 17.9 Å². The van der Waals surface area contributed by atoms with Crippen LogP contribution in [0.2, 0.25) is 0 Å². The average Bonchev–Trinajstić information content (AvgIpc) is 2.41. The van der Waals surface area contributed by atoms with Crippen molar-refractivity contribution >= 4 is 0 Å². The highest BCUT2D eigenvalue weighted by molar-refractivity contribution is 5.25. The molecule has 3 heteroatoms. The van der Waals surface area contributed by atoms with Gasteiger partial charge in [-0.1, -0.05) is 51.1 Å². The van der Waals surface area contributed by atoms with Crippen LogP contribution in [0.3, 0.4) is 0 Å². The van der Waals surface area contributed by atoms with Gasteiger partial charge in [0, 0.05) is 25.7 Å². The van der Waals surface area contributed by atoms with E-state index in [1.54, 1.807) is 0 Å². The van der Waals surface area contributed by atoms with E-state index in [-0.39, 0.29) is 17.6 Å². The Morgan fingerprint density at radius 1 is 1.30 bits per heavy atom. The van der Waals surface area contributed by atoms with Crippen LogP contribution in [0.25, 0.3) is 0 Å². The number of hydrogen-bond acceptors (Lipinski definition) is 2. The molecule has 1 aliphatic heterocycles. The Bertz CT molecular complexity index is 426. The van der Waals surface area contributed by atoms with Crippen LogP contribution >= 0.6 is 0 Å². The first-order valence-electron chi connectivity index (χ1n) is 7.48. The summed E-state index contributed by atoms with van der Waals surface area (Å²) in [7, 11) is 0. The van der Waals surface area contributed by atoms with Crippen LogP contribution in [0.4, 0.5) is 4.39 Å². The number of halogens is 1. The molecule has 112 valence electrons. The molecule has 1 fully saturated rings. The summed E-state index contributed by atoms with van der Waals surface area (Å²) in [6.07, 6.45) is 0. The number of nitrogens with zero attached hydrogens (tertiary/aromatic N) is 1. The van der Waals surface area contributed by atoms with Crippen molar-refractivity contribution in [3.63, 3.8) is 0 Å². The molecule has 1 saturated heterocycles. The van der Waals surface area contributed by atoms with Crippen molar-refractivity contribution < 1.29 is 4.39 Å². The Labute approximate surface area is 122 Å². The molecule has 1 aromatic carbocycles. The second kappa shape index (κ2) is 5.82. The van der Waals surface area contributed by atoms with Gasteiger partial charge in [0.15, 0.2) is 0 Å². The average molecular weight is 278 g/mol. The molecule has 0 aliphatic carbocycles. The van der Waals surface area contributed by atoms with Gasteiger partial charge in [0.05, 0.1) is 5.54 Å². The molecule has 0 spiro atoms. The Morgan fingerprint density at radius 2 is 1.95 bits per heavy atom. The third kappa shape index (κ3) is 3.04. The topological polar surface area (TPSA) is 15.3 Å². The summed E-state index contributed by atoms with van der Waals surface area (Å²) in [6, 6.07) is 10.8. The highest BCUT2D eigenvalue weighted by Gasteiger charge is 2.41. The van der Waals surface area contributed by atoms with Crippen LogP contribution in [0.5, 0.6) is 0 Å². The van der Waals surface area contributed by atoms with Crippen molar-refractivity contribution in [2.45, 2.75) is 39.3 Å². The molecule has 1 aromatic rings. The van der Waals surface area contributed by atoms with Gasteiger partial charge in [-0.15, -0.1) is 0 Å². The number of rotatable bonds is 3. The zero-order chi connectivity index (χ0) is 14.8. The number of nitrogens with one attached hydrogen (secondary N) is 1. The zero-order valence-electron chi connectivity index (χ0n) is 13.1. The first kappa shape index (κ1) is 15.5. The van der Waals surface area contributed by atoms with Crippen LogP contribution in [0, 0.1) is 5.41 Å². The third-order valence-electron chi connectivity index (χ3n) is 4.59. The van der Waals surface area contributed by atoms with Crippen molar-refractivity contribution in [2.75, 3.05) is 26.3 Å². The van der Waals surface area contributed by atoms with E-state index in [0.717, 1.165) is 13.1 Å². The number of hydrogen-bond donors (Lipinski definition) is 1. The number of alkyl halides is 1. The molecule has 0 bridgehead atoms. The second-order valence-electron chi connectivity index (χ2n) is 7.07. The number of piperazine rings is 1. The molecular weight excluding hydrogens is 251 g/mol. The minimum absolute atomic E-state index is 0.130. The summed E-state index contributed by atoms with van der Waals surface area (Å²) in [6.45, 7) is 10.9. The molecule has 20 heavy (non-hydrogen) atoms. The molecule has 0 saturated carbocycles. The maximum absolute atomic E-state index is 13.0. The minimum atomic E-state index is -0.292. The molecule has 1 heterocycles. The highest BCUT2D eigenvalue weighted by atomic mass is 19.1. The largest absolute Gasteiger partial charge is 0.310 e. The van der Waals surface area contributed by atoms with E-state index in [1.165, 1.54) is 5.56 Å². The molecule has 0 radical (unpaired) electrons. The van der Waals surface area contributed by atoms with Crippen LogP contribution in [-0.2, 0) is 5.54 Å². The molecule has 2 nitrogen and oxygen atoms in total. The summed E-state index contributed by atoms with van der Waals surface area (Å²) in [4.78, 5) is 2.30. The Kier molecular flexibility index (Phi) is 4.50. The Morgan fingerprint density at radius 3 is 2.50 bits per heavy atom. The van der Waals surface area contributed by atoms with E-state index in [9.17, 15) is 4.39 Å². The fourth-order valence-corrected chi connectivity index (χ4v) is 3.02. The van der Waals surface area contributed by atoms with Gasteiger partial charge in [0.2, 0.25) is 0 Å². The quantitative estimate of drug-likeness (QED) is 0.913. The Hall–Kier alpha value is -0.930. The highest BCUT2D eigenvalue weighted by Crippen LogP contribution is 2.34. The van der Waals surface area contributed by atoms with Gasteiger partial charge in [-0.2, -0.15) is 0 Å². The number of benzene rings is 1. The normalized spacial score (nSPS) is 28.6. The van der Waals surface area contributed by atoms with Gasteiger partial charge >= 0.3 is 0 Å². The molecule has 2 atom stereocenters. The fraction of sp³-hybridized carbons (Fsp3) is 0.647. The predicted molar refractivity (Wildman–Crippen MR) is 82.6 cm³/mol. The lowest BCUT2D eigenvalue weighted by Gasteiger charge is -2.51. The third-order valence-corrected chi connectivity index (χ3v) is 4.59.